The highest BCUT2D eigenvalue weighted by atomic mass is 16.5. The second kappa shape index (κ2) is 5.25. The van der Waals surface area contributed by atoms with Gasteiger partial charge in [-0.15, -0.1) is 0 Å². The highest BCUT2D eigenvalue weighted by Gasteiger charge is 2.15. The molecule has 2 N–H and O–H groups in total. The van der Waals surface area contributed by atoms with Gasteiger partial charge in [-0.05, 0) is 31.2 Å². The molecule has 1 aromatic heterocycles. The van der Waals surface area contributed by atoms with E-state index < -0.39 is 6.04 Å². The van der Waals surface area contributed by atoms with Crippen molar-refractivity contribution < 1.29 is 9.53 Å². The van der Waals surface area contributed by atoms with E-state index in [0.717, 1.165) is 16.6 Å². The second-order valence-corrected chi connectivity index (χ2v) is 4.29. The number of carbonyl (C=O) groups is 1. The predicted molar refractivity (Wildman–Crippen MR) is 70.7 cm³/mol. The third kappa shape index (κ3) is 2.55. The van der Waals surface area contributed by atoms with E-state index in [2.05, 4.69) is 4.98 Å². The summed E-state index contributed by atoms with van der Waals surface area (Å²) in [4.78, 5) is 16.4. The van der Waals surface area contributed by atoms with Crippen LogP contribution < -0.4 is 5.73 Å². The molecule has 1 unspecified atom stereocenters. The smallest absolute Gasteiger partial charge is 0.181 e. The number of aryl methyl sites for hydroxylation is 1. The number of Topliss-reactive ketones (excluding diaryl/α,β-unsaturated/α-hetero) is 1. The molecule has 0 aliphatic carbocycles. The van der Waals surface area contributed by atoms with Gasteiger partial charge in [0, 0.05) is 23.8 Å². The summed E-state index contributed by atoms with van der Waals surface area (Å²) in [5.74, 6) is -0.112. The zero-order chi connectivity index (χ0) is 13.1. The first-order chi connectivity index (χ1) is 8.61. The number of fused-ring (bicyclic) bond motifs is 1. The van der Waals surface area contributed by atoms with E-state index in [1.54, 1.807) is 6.07 Å². The summed E-state index contributed by atoms with van der Waals surface area (Å²) in [5.41, 5.74) is 8.17. The van der Waals surface area contributed by atoms with Crippen LogP contribution in [0.25, 0.3) is 10.9 Å². The van der Waals surface area contributed by atoms with Gasteiger partial charge in [0.25, 0.3) is 0 Å². The number of carbonyl (C=O) groups excluding carboxylic acids is 1. The van der Waals surface area contributed by atoms with Crippen LogP contribution in [0.1, 0.15) is 16.1 Å². The Morgan fingerprint density at radius 3 is 2.89 bits per heavy atom. The Bertz CT molecular complexity index is 581. The van der Waals surface area contributed by atoms with Gasteiger partial charge >= 0.3 is 0 Å². The normalized spacial score (nSPS) is 12.6. The van der Waals surface area contributed by atoms with Crippen molar-refractivity contribution in [3.05, 3.63) is 41.6 Å². The molecule has 0 bridgehead atoms. The largest absolute Gasteiger partial charge is 0.383 e. The minimum atomic E-state index is -0.620. The number of benzene rings is 1. The molecule has 4 heteroatoms. The van der Waals surface area contributed by atoms with Crippen molar-refractivity contribution in [2.45, 2.75) is 13.0 Å². The van der Waals surface area contributed by atoms with Gasteiger partial charge in [-0.3, -0.25) is 9.78 Å². The Labute approximate surface area is 106 Å². The van der Waals surface area contributed by atoms with Crippen LogP contribution in [-0.4, -0.2) is 30.5 Å². The number of pyridine rings is 1. The molecule has 0 aliphatic rings. The maximum Gasteiger partial charge on any atom is 0.181 e. The summed E-state index contributed by atoms with van der Waals surface area (Å²) >= 11 is 0. The Balaban J connectivity index is 2.35. The number of hydrogen-bond donors (Lipinski definition) is 1. The summed E-state index contributed by atoms with van der Waals surface area (Å²) in [6.07, 6.45) is 0. The van der Waals surface area contributed by atoms with Crippen molar-refractivity contribution in [2.24, 2.45) is 5.73 Å². The molecule has 2 aromatic rings. The zero-order valence-electron chi connectivity index (χ0n) is 10.5. The van der Waals surface area contributed by atoms with E-state index in [4.69, 9.17) is 10.5 Å². The van der Waals surface area contributed by atoms with Gasteiger partial charge in [0.2, 0.25) is 0 Å². The molecule has 0 aliphatic heterocycles. The van der Waals surface area contributed by atoms with E-state index in [1.165, 1.54) is 7.11 Å². The van der Waals surface area contributed by atoms with Gasteiger partial charge in [0.1, 0.15) is 0 Å². The Hall–Kier alpha value is -1.78. The van der Waals surface area contributed by atoms with Crippen LogP contribution in [0, 0.1) is 6.92 Å². The first-order valence-electron chi connectivity index (χ1n) is 5.78. The highest BCUT2D eigenvalue weighted by molar-refractivity contribution is 6.02. The first-order valence-corrected chi connectivity index (χ1v) is 5.78. The standard InChI is InChI=1S/C14H16N2O2/c1-9-3-4-10-7-11(5-6-13(10)16-9)14(17)12(15)8-18-2/h3-7,12H,8,15H2,1-2H3. The lowest BCUT2D eigenvalue weighted by molar-refractivity contribution is 0.0892. The van der Waals surface area contributed by atoms with Crippen LogP contribution in [0.2, 0.25) is 0 Å². The Kier molecular flexibility index (Phi) is 3.69. The molecule has 0 fully saturated rings. The van der Waals surface area contributed by atoms with Crippen molar-refractivity contribution in [3.63, 3.8) is 0 Å². The van der Waals surface area contributed by atoms with E-state index in [1.807, 2.05) is 31.2 Å². The van der Waals surface area contributed by atoms with Gasteiger partial charge in [-0.25, -0.2) is 0 Å². The lowest BCUT2D eigenvalue weighted by atomic mass is 10.0. The Morgan fingerprint density at radius 1 is 1.39 bits per heavy atom. The third-order valence-electron chi connectivity index (χ3n) is 2.80. The van der Waals surface area contributed by atoms with Crippen LogP contribution in [0.3, 0.4) is 0 Å². The molecule has 0 radical (unpaired) electrons. The molecule has 94 valence electrons. The molecular formula is C14H16N2O2. The SMILES string of the molecule is COCC(N)C(=O)c1ccc2nc(C)ccc2c1. The van der Waals surface area contributed by atoms with Gasteiger partial charge in [0.15, 0.2) is 5.78 Å². The minimum absolute atomic E-state index is 0.112. The van der Waals surface area contributed by atoms with E-state index in [0.29, 0.717) is 5.56 Å². The third-order valence-corrected chi connectivity index (χ3v) is 2.80. The van der Waals surface area contributed by atoms with Gasteiger partial charge < -0.3 is 10.5 Å². The number of aromatic nitrogens is 1. The fourth-order valence-corrected chi connectivity index (χ4v) is 1.85. The van der Waals surface area contributed by atoms with E-state index in [9.17, 15) is 4.79 Å². The fourth-order valence-electron chi connectivity index (χ4n) is 1.85. The summed E-state index contributed by atoms with van der Waals surface area (Å²) in [6.45, 7) is 2.16. The maximum absolute atomic E-state index is 12.0. The van der Waals surface area contributed by atoms with Crippen LogP contribution in [-0.2, 0) is 4.74 Å². The summed E-state index contributed by atoms with van der Waals surface area (Å²) in [5, 5.41) is 0.941. The fraction of sp³-hybridized carbons (Fsp3) is 0.286. The van der Waals surface area contributed by atoms with Crippen molar-refractivity contribution in [3.8, 4) is 0 Å². The maximum atomic E-state index is 12.0. The van der Waals surface area contributed by atoms with Gasteiger partial charge in [0.05, 0.1) is 18.2 Å². The first kappa shape index (κ1) is 12.7. The average Bonchev–Trinajstić information content (AvgIpc) is 2.37. The monoisotopic (exact) mass is 244 g/mol. The highest BCUT2D eigenvalue weighted by Crippen LogP contribution is 2.15. The number of rotatable bonds is 4. The summed E-state index contributed by atoms with van der Waals surface area (Å²) in [7, 11) is 1.53. The number of nitrogens with two attached hydrogens (primary N) is 1. The lowest BCUT2D eigenvalue weighted by Gasteiger charge is -2.09. The van der Waals surface area contributed by atoms with Crippen LogP contribution in [0.4, 0.5) is 0 Å². The summed E-state index contributed by atoms with van der Waals surface area (Å²) in [6, 6.07) is 8.68. The molecule has 1 heterocycles. The Morgan fingerprint density at radius 2 is 2.17 bits per heavy atom. The molecule has 1 aromatic carbocycles. The van der Waals surface area contributed by atoms with Gasteiger partial charge in [-0.2, -0.15) is 0 Å². The van der Waals surface area contributed by atoms with Crippen molar-refractivity contribution >= 4 is 16.7 Å². The van der Waals surface area contributed by atoms with Gasteiger partial charge in [-0.1, -0.05) is 6.07 Å². The molecule has 0 saturated heterocycles. The summed E-state index contributed by atoms with van der Waals surface area (Å²) < 4.78 is 4.89. The molecule has 0 amide bonds. The predicted octanol–water partition coefficient (Wildman–Crippen LogP) is 1.70. The molecular weight excluding hydrogens is 228 g/mol. The molecule has 18 heavy (non-hydrogen) atoms. The number of hydrogen-bond acceptors (Lipinski definition) is 4. The van der Waals surface area contributed by atoms with Crippen LogP contribution in [0.15, 0.2) is 30.3 Å². The molecule has 2 rings (SSSR count). The van der Waals surface area contributed by atoms with Crippen molar-refractivity contribution in [1.29, 1.82) is 0 Å². The van der Waals surface area contributed by atoms with Crippen molar-refractivity contribution in [2.75, 3.05) is 13.7 Å². The quantitative estimate of drug-likeness (QED) is 0.831. The van der Waals surface area contributed by atoms with E-state index in [-0.39, 0.29) is 12.4 Å². The molecule has 0 saturated carbocycles. The van der Waals surface area contributed by atoms with Crippen LogP contribution >= 0.6 is 0 Å². The average molecular weight is 244 g/mol. The number of ketones is 1. The van der Waals surface area contributed by atoms with Crippen LogP contribution in [0.5, 0.6) is 0 Å². The second-order valence-electron chi connectivity index (χ2n) is 4.29. The molecule has 1 atom stereocenters. The minimum Gasteiger partial charge on any atom is -0.383 e. The topological polar surface area (TPSA) is 65.2 Å². The molecule has 4 nitrogen and oxygen atoms in total. The van der Waals surface area contributed by atoms with Crippen molar-refractivity contribution in [1.82, 2.24) is 4.98 Å². The number of ether oxygens (including phenoxy) is 1. The lowest BCUT2D eigenvalue weighted by Crippen LogP contribution is -2.34. The molecule has 0 spiro atoms. The van der Waals surface area contributed by atoms with E-state index >= 15 is 0 Å². The number of methoxy groups -OCH3 is 1. The zero-order valence-corrected chi connectivity index (χ0v) is 10.5. The number of nitrogens with zero attached hydrogens (tertiary/aromatic N) is 1.